The Morgan fingerprint density at radius 2 is 2.04 bits per heavy atom. The van der Waals surface area contributed by atoms with Crippen LogP contribution in [0, 0.1) is 0 Å². The zero-order valence-electron chi connectivity index (χ0n) is 14.5. The van der Waals surface area contributed by atoms with E-state index in [-0.39, 0.29) is 0 Å². The van der Waals surface area contributed by atoms with Crippen molar-refractivity contribution in [2.45, 2.75) is 65.0 Å². The molecule has 23 heavy (non-hydrogen) atoms. The molecule has 5 heteroatoms. The second-order valence-electron chi connectivity index (χ2n) is 6.17. The van der Waals surface area contributed by atoms with Gasteiger partial charge in [0.25, 0.3) is 0 Å². The Balaban J connectivity index is 1.95. The first-order chi connectivity index (χ1) is 11.3. The molecule has 0 N–H and O–H groups in total. The van der Waals surface area contributed by atoms with Crippen LogP contribution in [-0.4, -0.2) is 32.4 Å². The Bertz CT molecular complexity index is 584. The molecule has 0 aliphatic rings. The molecule has 0 aliphatic heterocycles. The van der Waals surface area contributed by atoms with Crippen LogP contribution in [0.2, 0.25) is 0 Å². The van der Waals surface area contributed by atoms with E-state index in [1.165, 1.54) is 24.4 Å². The van der Waals surface area contributed by atoms with E-state index < -0.39 is 0 Å². The summed E-state index contributed by atoms with van der Waals surface area (Å²) in [5.41, 5.74) is 1.29. The van der Waals surface area contributed by atoms with E-state index in [1.807, 2.05) is 18.7 Å². The van der Waals surface area contributed by atoms with Crippen molar-refractivity contribution < 1.29 is 0 Å². The summed E-state index contributed by atoms with van der Waals surface area (Å²) in [5, 5.41) is 0. The van der Waals surface area contributed by atoms with Crippen LogP contribution in [-0.2, 0) is 19.5 Å². The Morgan fingerprint density at radius 3 is 2.83 bits per heavy atom. The zero-order chi connectivity index (χ0) is 16.5. The first-order valence-corrected chi connectivity index (χ1v) is 8.68. The summed E-state index contributed by atoms with van der Waals surface area (Å²) >= 11 is 0. The molecule has 0 aromatic carbocycles. The van der Waals surface area contributed by atoms with Crippen molar-refractivity contribution in [3.63, 3.8) is 0 Å². The molecule has 5 nitrogen and oxygen atoms in total. The fourth-order valence-corrected chi connectivity index (χ4v) is 2.90. The van der Waals surface area contributed by atoms with Crippen LogP contribution in [0.15, 0.2) is 29.9 Å². The summed E-state index contributed by atoms with van der Waals surface area (Å²) in [6, 6.07) is 0. The number of aromatic nitrogens is 4. The molecule has 0 aliphatic carbocycles. The third-order valence-electron chi connectivity index (χ3n) is 4.22. The number of hydrogen-bond donors (Lipinski definition) is 0. The predicted octanol–water partition coefficient (Wildman–Crippen LogP) is 3.71. The molecule has 0 amide bonds. The first-order valence-electron chi connectivity index (χ1n) is 8.68. The van der Waals surface area contributed by atoms with Crippen molar-refractivity contribution in [1.82, 2.24) is 19.1 Å². The average Bonchev–Trinajstić information content (AvgIpc) is 3.19. The van der Waals surface area contributed by atoms with Gasteiger partial charge >= 0.3 is 0 Å². The van der Waals surface area contributed by atoms with Gasteiger partial charge in [-0.05, 0) is 32.4 Å². The molecule has 2 aromatic rings. The summed E-state index contributed by atoms with van der Waals surface area (Å²) < 4.78 is 4.56. The summed E-state index contributed by atoms with van der Waals surface area (Å²) in [4.78, 5) is 12.8. The number of nitrogens with zero attached hydrogens (tertiary/aromatic N) is 5. The van der Waals surface area contributed by atoms with Crippen molar-refractivity contribution in [3.8, 4) is 0 Å². The van der Waals surface area contributed by atoms with Crippen LogP contribution in [0.5, 0.6) is 0 Å². The average molecular weight is 315 g/mol. The van der Waals surface area contributed by atoms with Crippen LogP contribution in [0.25, 0.3) is 0 Å². The summed E-state index contributed by atoms with van der Waals surface area (Å²) in [6.07, 6.45) is 13.5. The van der Waals surface area contributed by atoms with E-state index in [0.29, 0.717) is 5.92 Å². The molecule has 0 fully saturated rings. The van der Waals surface area contributed by atoms with Crippen LogP contribution in [0.1, 0.15) is 57.0 Å². The molecule has 1 atom stereocenters. The fourth-order valence-electron chi connectivity index (χ4n) is 2.90. The SMILES string of the molecule is C=NCCCCn1cncc1CC(C)c1nccn1CCCC. The number of imidazole rings is 2. The van der Waals surface area contributed by atoms with Crippen molar-refractivity contribution in [1.29, 1.82) is 0 Å². The Kier molecular flexibility index (Phi) is 7.04. The number of aryl methyl sites for hydroxylation is 2. The maximum absolute atomic E-state index is 4.58. The lowest BCUT2D eigenvalue weighted by Gasteiger charge is -2.15. The lowest BCUT2D eigenvalue weighted by Crippen LogP contribution is -2.11. The second kappa shape index (κ2) is 9.28. The third kappa shape index (κ3) is 5.05. The van der Waals surface area contributed by atoms with Crippen molar-refractivity contribution in [2.75, 3.05) is 6.54 Å². The van der Waals surface area contributed by atoms with Crippen LogP contribution < -0.4 is 0 Å². The molecule has 2 aromatic heterocycles. The number of unbranched alkanes of at least 4 members (excludes halogenated alkanes) is 2. The minimum absolute atomic E-state index is 0.396. The van der Waals surface area contributed by atoms with E-state index in [1.54, 1.807) is 0 Å². The highest BCUT2D eigenvalue weighted by atomic mass is 15.1. The smallest absolute Gasteiger partial charge is 0.111 e. The molecule has 0 saturated carbocycles. The summed E-state index contributed by atoms with van der Waals surface area (Å²) in [5.74, 6) is 1.58. The molecule has 1 unspecified atom stereocenters. The van der Waals surface area contributed by atoms with Gasteiger partial charge in [-0.25, -0.2) is 9.97 Å². The van der Waals surface area contributed by atoms with Gasteiger partial charge in [-0.15, -0.1) is 0 Å². The van der Waals surface area contributed by atoms with Gasteiger partial charge in [0.2, 0.25) is 0 Å². The Hall–Kier alpha value is -1.91. The van der Waals surface area contributed by atoms with Crippen LogP contribution >= 0.6 is 0 Å². The van der Waals surface area contributed by atoms with E-state index in [2.05, 4.69) is 50.9 Å². The van der Waals surface area contributed by atoms with Crippen molar-refractivity contribution in [2.24, 2.45) is 4.99 Å². The zero-order valence-corrected chi connectivity index (χ0v) is 14.5. The van der Waals surface area contributed by atoms with Gasteiger partial charge in [-0.3, -0.25) is 0 Å². The highest BCUT2D eigenvalue weighted by Gasteiger charge is 2.15. The lowest BCUT2D eigenvalue weighted by molar-refractivity contribution is 0.545. The van der Waals surface area contributed by atoms with E-state index in [9.17, 15) is 0 Å². The number of hydrogen-bond acceptors (Lipinski definition) is 3. The largest absolute Gasteiger partial charge is 0.335 e. The molecule has 2 heterocycles. The summed E-state index contributed by atoms with van der Waals surface area (Å²) in [6.45, 7) is 10.9. The number of aliphatic imine (C=N–C) groups is 1. The van der Waals surface area contributed by atoms with Gasteiger partial charge in [0.05, 0.1) is 6.33 Å². The van der Waals surface area contributed by atoms with E-state index in [0.717, 1.165) is 38.9 Å². The van der Waals surface area contributed by atoms with Gasteiger partial charge in [0.15, 0.2) is 0 Å². The van der Waals surface area contributed by atoms with Gasteiger partial charge in [0.1, 0.15) is 5.82 Å². The molecule has 0 spiro atoms. The van der Waals surface area contributed by atoms with Gasteiger partial charge < -0.3 is 14.1 Å². The topological polar surface area (TPSA) is 48.0 Å². The van der Waals surface area contributed by atoms with Gasteiger partial charge in [-0.1, -0.05) is 20.3 Å². The van der Waals surface area contributed by atoms with Crippen molar-refractivity contribution >= 4 is 6.72 Å². The molecule has 0 bridgehead atoms. The Morgan fingerprint density at radius 1 is 1.22 bits per heavy atom. The third-order valence-corrected chi connectivity index (χ3v) is 4.22. The van der Waals surface area contributed by atoms with E-state index in [4.69, 9.17) is 0 Å². The fraction of sp³-hybridized carbons (Fsp3) is 0.611. The quantitative estimate of drug-likeness (QED) is 0.469. The minimum atomic E-state index is 0.396. The minimum Gasteiger partial charge on any atom is -0.335 e. The molecule has 126 valence electrons. The monoisotopic (exact) mass is 315 g/mol. The first kappa shape index (κ1) is 17.4. The molecular weight excluding hydrogens is 286 g/mol. The van der Waals surface area contributed by atoms with Crippen LogP contribution in [0.4, 0.5) is 0 Å². The number of rotatable bonds is 11. The highest BCUT2D eigenvalue weighted by molar-refractivity contribution is 5.22. The van der Waals surface area contributed by atoms with E-state index >= 15 is 0 Å². The molecular formula is C18H29N5. The second-order valence-corrected chi connectivity index (χ2v) is 6.17. The Labute approximate surface area is 139 Å². The standard InChI is InChI=1S/C18H29N5/c1-4-5-10-22-12-9-21-18(22)16(2)13-17-14-20-15-23(17)11-7-6-8-19-3/h9,12,14-16H,3-8,10-11,13H2,1-2H3. The normalized spacial score (nSPS) is 12.4. The molecule has 2 rings (SSSR count). The lowest BCUT2D eigenvalue weighted by atomic mass is 10.0. The predicted molar refractivity (Wildman–Crippen MR) is 95.1 cm³/mol. The maximum atomic E-state index is 4.58. The van der Waals surface area contributed by atoms with Crippen molar-refractivity contribution in [3.05, 3.63) is 36.4 Å². The molecule has 0 saturated heterocycles. The highest BCUT2D eigenvalue weighted by Crippen LogP contribution is 2.20. The van der Waals surface area contributed by atoms with Gasteiger partial charge in [-0.2, -0.15) is 0 Å². The van der Waals surface area contributed by atoms with Gasteiger partial charge in [0, 0.05) is 49.8 Å². The van der Waals surface area contributed by atoms with Crippen LogP contribution in [0.3, 0.4) is 0 Å². The maximum Gasteiger partial charge on any atom is 0.111 e. The molecule has 0 radical (unpaired) electrons. The summed E-state index contributed by atoms with van der Waals surface area (Å²) in [7, 11) is 0.